The van der Waals surface area contributed by atoms with Crippen molar-refractivity contribution in [2.75, 3.05) is 39.5 Å². The number of likely N-dealkylation sites (tertiary alicyclic amines) is 1. The van der Waals surface area contributed by atoms with Crippen LogP contribution < -0.4 is 70.4 Å². The zero-order valence-corrected chi connectivity index (χ0v) is 40.3. The summed E-state index contributed by atoms with van der Waals surface area (Å²) in [6, 6.07) is -15.7. The number of nitrogens with two attached hydrogens (primary N) is 3. The number of amides is 13. The highest BCUT2D eigenvalue weighted by Gasteiger charge is 2.40. The molecule has 0 aromatic heterocycles. The maximum Gasteiger partial charge on any atom is 0.322 e. The number of rotatable bonds is 31. The topological polar surface area (TPSA) is 542 Å². The maximum absolute atomic E-state index is 14.0. The Balaban J connectivity index is 3.10. The van der Waals surface area contributed by atoms with Gasteiger partial charge in [0.1, 0.15) is 67.0 Å². The van der Waals surface area contributed by atoms with Gasteiger partial charge in [-0.2, -0.15) is 0 Å². The summed E-state index contributed by atoms with van der Waals surface area (Å²) in [7, 11) is 0. The molecule has 1 aliphatic rings. The fraction of sp³-hybridized carbons (Fsp3) is 0.650. The molecule has 21 N–H and O–H groups in total. The molecule has 11 atom stereocenters. The summed E-state index contributed by atoms with van der Waals surface area (Å²) in [6.07, 6.45) is -3.33. The highest BCUT2D eigenvalue weighted by molar-refractivity contribution is 6.00. The number of carboxylic acid groups (broad SMARTS) is 1. The number of aliphatic carboxylic acids is 1. The molecule has 73 heavy (non-hydrogen) atoms. The largest absolute Gasteiger partial charge is 0.480 e. The lowest BCUT2D eigenvalue weighted by Gasteiger charge is -2.30. The van der Waals surface area contributed by atoms with Gasteiger partial charge in [0.25, 0.3) is 0 Å². The molecular formula is C40H66N14O19. The van der Waals surface area contributed by atoms with Crippen molar-refractivity contribution in [3.05, 3.63) is 0 Å². The van der Waals surface area contributed by atoms with Crippen LogP contribution in [0.3, 0.4) is 0 Å². The third-order valence-electron chi connectivity index (χ3n) is 10.5. The van der Waals surface area contributed by atoms with E-state index in [4.69, 9.17) is 27.4 Å². The van der Waals surface area contributed by atoms with Gasteiger partial charge in [-0.1, -0.05) is 0 Å². The number of aliphatic hydroxyl groups is 4. The molecule has 1 fully saturated rings. The highest BCUT2D eigenvalue weighted by Crippen LogP contribution is 2.20. The number of carbonyl (C=O) groups is 14. The first-order valence-electron chi connectivity index (χ1n) is 22.4. The number of hydrogen-bond acceptors (Lipinski definition) is 19. The Kier molecular flexibility index (Phi) is 26.9. The molecule has 410 valence electrons. The molecule has 13 amide bonds. The van der Waals surface area contributed by atoms with E-state index in [2.05, 4.69) is 42.5 Å². The number of aliphatic hydroxyl groups excluding tert-OH is 4. The van der Waals surface area contributed by atoms with Crippen molar-refractivity contribution >= 4 is 82.8 Å². The molecule has 0 aromatic carbocycles. The summed E-state index contributed by atoms with van der Waals surface area (Å²) in [5, 5.41) is 69.2. The van der Waals surface area contributed by atoms with E-state index in [1.807, 2.05) is 10.6 Å². The van der Waals surface area contributed by atoms with Crippen LogP contribution in [0.1, 0.15) is 59.8 Å². The fourth-order valence-electron chi connectivity index (χ4n) is 6.44. The van der Waals surface area contributed by atoms with E-state index in [1.165, 1.54) is 13.8 Å². The van der Waals surface area contributed by atoms with Gasteiger partial charge in [-0.15, -0.1) is 0 Å². The first-order valence-corrected chi connectivity index (χ1v) is 22.4. The summed E-state index contributed by atoms with van der Waals surface area (Å²) < 4.78 is 0. The summed E-state index contributed by atoms with van der Waals surface area (Å²) in [4.78, 5) is 178. The quantitative estimate of drug-likeness (QED) is 0.0307. The molecule has 0 unspecified atom stereocenters. The molecule has 1 rings (SSSR count). The Bertz CT molecular complexity index is 2060. The lowest BCUT2D eigenvalue weighted by molar-refractivity contribution is -0.143. The normalized spacial score (nSPS) is 17.1. The van der Waals surface area contributed by atoms with Crippen molar-refractivity contribution in [1.29, 1.82) is 0 Å². The lowest BCUT2D eigenvalue weighted by Crippen LogP contribution is -2.61. The molecule has 33 nitrogen and oxygen atoms in total. The molecule has 1 heterocycles. The number of hydrogen-bond donors (Lipinski definition) is 18. The Morgan fingerprint density at radius 3 is 1.59 bits per heavy atom. The maximum atomic E-state index is 14.0. The zero-order valence-electron chi connectivity index (χ0n) is 40.3. The molecule has 0 aliphatic carbocycles. The van der Waals surface area contributed by atoms with Gasteiger partial charge in [0, 0.05) is 13.0 Å². The van der Waals surface area contributed by atoms with E-state index in [-0.39, 0.29) is 19.4 Å². The van der Waals surface area contributed by atoms with E-state index in [0.29, 0.717) is 0 Å². The summed E-state index contributed by atoms with van der Waals surface area (Å²) in [5.41, 5.74) is 16.0. The minimum atomic E-state index is -1.80. The van der Waals surface area contributed by atoms with Crippen LogP contribution in [0.4, 0.5) is 0 Å². The molecule has 33 heteroatoms. The smallest absolute Gasteiger partial charge is 0.322 e. The van der Waals surface area contributed by atoms with Crippen molar-refractivity contribution in [2.24, 2.45) is 17.2 Å². The minimum absolute atomic E-state index is 0.0318. The van der Waals surface area contributed by atoms with Crippen molar-refractivity contribution < 1.29 is 92.7 Å². The Labute approximate surface area is 415 Å². The molecule has 0 bridgehead atoms. The third-order valence-corrected chi connectivity index (χ3v) is 10.5. The van der Waals surface area contributed by atoms with Gasteiger partial charge >= 0.3 is 5.97 Å². The Morgan fingerprint density at radius 2 is 1.05 bits per heavy atom. The third kappa shape index (κ3) is 21.7. The Morgan fingerprint density at radius 1 is 0.562 bits per heavy atom. The van der Waals surface area contributed by atoms with E-state index < -0.39 is 201 Å². The Hall–Kier alpha value is -7.62. The van der Waals surface area contributed by atoms with Crippen LogP contribution in [-0.4, -0.2) is 219 Å². The first kappa shape index (κ1) is 63.4. The van der Waals surface area contributed by atoms with E-state index in [0.717, 1.165) is 18.7 Å². The number of nitrogens with zero attached hydrogens (tertiary/aromatic N) is 1. The minimum Gasteiger partial charge on any atom is -0.480 e. The van der Waals surface area contributed by atoms with Crippen LogP contribution in [0.5, 0.6) is 0 Å². The van der Waals surface area contributed by atoms with Gasteiger partial charge in [0.15, 0.2) is 0 Å². The van der Waals surface area contributed by atoms with Crippen molar-refractivity contribution in [2.45, 2.75) is 126 Å². The lowest BCUT2D eigenvalue weighted by atomic mass is 10.1. The van der Waals surface area contributed by atoms with Crippen LogP contribution in [0, 0.1) is 0 Å². The highest BCUT2D eigenvalue weighted by atomic mass is 16.4. The van der Waals surface area contributed by atoms with Gasteiger partial charge in [-0.25, -0.2) is 0 Å². The van der Waals surface area contributed by atoms with Crippen LogP contribution in [0.25, 0.3) is 0 Å². The van der Waals surface area contributed by atoms with Crippen molar-refractivity contribution in [3.63, 3.8) is 0 Å². The van der Waals surface area contributed by atoms with Crippen LogP contribution >= 0.6 is 0 Å². The van der Waals surface area contributed by atoms with Gasteiger partial charge < -0.3 is 101 Å². The fourth-order valence-corrected chi connectivity index (χ4v) is 6.44. The average molecular weight is 1050 g/mol. The number of primary amides is 2. The van der Waals surface area contributed by atoms with Gasteiger partial charge in [-0.05, 0) is 47.0 Å². The number of nitrogens with one attached hydrogen (secondary N) is 10. The van der Waals surface area contributed by atoms with Gasteiger partial charge in [0.05, 0.1) is 38.9 Å². The number of carbonyl (C=O) groups excluding carboxylic acids is 13. The predicted octanol–water partition coefficient (Wildman–Crippen LogP) is -11.9. The second-order valence-corrected chi connectivity index (χ2v) is 16.6. The molecule has 0 radical (unpaired) electrons. The standard InChI is InChI=1S/C40H66N14O19/c1-16(46-28(61)11-44-34(67)20(41)13-55)31(64)47-17(2)32(65)50-22(10-27(43)60)36(69)49-21(7-8-26(42)59)40(73)54-9-5-6-25(54)38(71)51-24(15-57)37(70)48-18(3)33(66)53-30(19(4)58)39(72)52-23(14-56)35(68)45-12-29(62)63/h16-25,30,55-58H,5-15,41H2,1-4H3,(H2,42,59)(H2,43,60)(H,44,67)(H,45,68)(H,46,61)(H,47,64)(H,48,70)(H,49,69)(H,50,65)(H,51,71)(H,52,72)(H,53,66)(H,62,63)/t16-,17-,18-,19+,20-,21-,22-,23-,24-,25-,30-/m0/s1. The van der Waals surface area contributed by atoms with Gasteiger partial charge in [-0.3, -0.25) is 67.1 Å². The van der Waals surface area contributed by atoms with E-state index in [9.17, 15) is 82.4 Å². The monoisotopic (exact) mass is 1050 g/mol. The SMILES string of the molecule is C[C@H](NC(=O)CNC(=O)[C@@H](N)CO)C(=O)N[C@@H](C)C(=O)N[C@@H](CC(N)=O)C(=O)N[C@@H](CCC(N)=O)C(=O)N1CCC[C@H]1C(=O)N[C@@H](CO)C(=O)N[C@@H](C)C(=O)N[C@H](C(=O)N[C@@H](CO)C(=O)NCC(=O)O)[C@@H](C)O. The molecule has 0 saturated carbocycles. The average Bonchev–Trinajstić information content (AvgIpc) is 3.82. The molecule has 1 aliphatic heterocycles. The summed E-state index contributed by atoms with van der Waals surface area (Å²) in [6.45, 7) is 0.234. The second kappa shape index (κ2) is 31.0. The van der Waals surface area contributed by atoms with E-state index >= 15 is 0 Å². The second-order valence-electron chi connectivity index (χ2n) is 16.6. The van der Waals surface area contributed by atoms with Crippen molar-refractivity contribution in [1.82, 2.24) is 58.1 Å². The zero-order chi connectivity index (χ0) is 55.9. The van der Waals surface area contributed by atoms with Crippen LogP contribution in [0.2, 0.25) is 0 Å². The molecule has 0 spiro atoms. The summed E-state index contributed by atoms with van der Waals surface area (Å²) in [5.74, 6) is -14.9. The van der Waals surface area contributed by atoms with E-state index in [1.54, 1.807) is 0 Å². The molecule has 0 aromatic rings. The number of carboxylic acids is 1. The van der Waals surface area contributed by atoms with Gasteiger partial charge in [0.2, 0.25) is 76.8 Å². The molecular weight excluding hydrogens is 981 g/mol. The van der Waals surface area contributed by atoms with Crippen molar-refractivity contribution in [3.8, 4) is 0 Å². The van der Waals surface area contributed by atoms with Crippen LogP contribution in [0.15, 0.2) is 0 Å². The first-order chi connectivity index (χ1) is 34.1. The molecule has 1 saturated heterocycles. The summed E-state index contributed by atoms with van der Waals surface area (Å²) >= 11 is 0. The predicted molar refractivity (Wildman–Crippen MR) is 244 cm³/mol. The van der Waals surface area contributed by atoms with Crippen LogP contribution in [-0.2, 0) is 67.1 Å².